The summed E-state index contributed by atoms with van der Waals surface area (Å²) in [6.07, 6.45) is 6.52. The molecule has 8 aromatic carbocycles. The normalized spacial score (nSPS) is 13.7. The molecule has 2 aliphatic rings. The Balaban J connectivity index is 1.15. The molecule has 0 fully saturated rings. The molecule has 1 aliphatic carbocycles. The summed E-state index contributed by atoms with van der Waals surface area (Å²) >= 11 is 0. The first-order valence-electron chi connectivity index (χ1n) is 21.5. The summed E-state index contributed by atoms with van der Waals surface area (Å²) in [5.41, 5.74) is 19.5. The fourth-order valence-electron chi connectivity index (χ4n) is 10.5. The highest BCUT2D eigenvalue weighted by molar-refractivity contribution is 6.11. The molecule has 3 aromatic heterocycles. The first-order chi connectivity index (χ1) is 30.5. The Morgan fingerprint density at radius 1 is 0.387 bits per heavy atom. The number of nitrogens with zero attached hydrogens (tertiary/aromatic N) is 4. The maximum Gasteiger partial charge on any atom is 0.0786 e. The van der Waals surface area contributed by atoms with Crippen LogP contribution in [-0.2, 0) is 5.41 Å². The molecule has 0 spiro atoms. The molecule has 0 N–H and O–H groups in total. The molecule has 0 saturated carbocycles. The van der Waals surface area contributed by atoms with E-state index in [0.29, 0.717) is 0 Å². The zero-order valence-corrected chi connectivity index (χ0v) is 34.4. The quantitative estimate of drug-likeness (QED) is 0.178. The Morgan fingerprint density at radius 3 is 1.42 bits per heavy atom. The van der Waals surface area contributed by atoms with Gasteiger partial charge in [-0.2, -0.15) is 0 Å². The molecule has 62 heavy (non-hydrogen) atoms. The van der Waals surface area contributed by atoms with Gasteiger partial charge in [0.2, 0.25) is 0 Å². The summed E-state index contributed by atoms with van der Waals surface area (Å²) in [5.74, 6) is 0. The summed E-state index contributed by atoms with van der Waals surface area (Å²) in [7, 11) is 0. The van der Waals surface area contributed by atoms with Crippen LogP contribution in [0.15, 0.2) is 207 Å². The van der Waals surface area contributed by atoms with Crippen LogP contribution < -0.4 is 4.90 Å². The lowest BCUT2D eigenvalue weighted by Crippen LogP contribution is -2.25. The Labute approximate surface area is 359 Å². The van der Waals surface area contributed by atoms with Crippen molar-refractivity contribution in [3.63, 3.8) is 0 Å². The average molecular weight is 793 g/mol. The smallest absolute Gasteiger partial charge is 0.0786 e. The van der Waals surface area contributed by atoms with E-state index >= 15 is 0 Å². The molecule has 0 amide bonds. The topological polar surface area (TPSA) is 26.0 Å². The molecule has 4 heterocycles. The van der Waals surface area contributed by atoms with Crippen molar-refractivity contribution >= 4 is 55.0 Å². The highest BCUT2D eigenvalue weighted by Gasteiger charge is 2.33. The number of para-hydroxylation sites is 5. The van der Waals surface area contributed by atoms with Crippen molar-refractivity contribution in [2.75, 3.05) is 4.90 Å². The average Bonchev–Trinajstić information content (AvgIpc) is 3.84. The predicted octanol–water partition coefficient (Wildman–Crippen LogP) is 15.2. The SMILES string of the molecule is CC1(C)C=CN(c2ccccc2)c2cc3c(cc21)-c1ncccc1-c1ccc(-n2c4ccccc4c4ccccc42)cc1-c1cc(-n2c4ccccc4c4ccccc42)ccc1-3. The fraction of sp³-hybridized carbons (Fsp3) is 0.0517. The number of rotatable bonds is 3. The Kier molecular flexibility index (Phi) is 7.32. The van der Waals surface area contributed by atoms with Gasteiger partial charge in [-0.3, -0.25) is 4.98 Å². The molecule has 0 atom stereocenters. The molecule has 0 radical (unpaired) electrons. The maximum absolute atomic E-state index is 5.25. The van der Waals surface area contributed by atoms with Crippen LogP contribution in [0.3, 0.4) is 0 Å². The lowest BCUT2D eigenvalue weighted by atomic mass is 9.76. The van der Waals surface area contributed by atoms with Crippen LogP contribution in [0.25, 0.3) is 99.6 Å². The Hall–Kier alpha value is -7.95. The zero-order chi connectivity index (χ0) is 41.1. The Bertz CT molecular complexity index is 3570. The minimum atomic E-state index is -0.203. The molecule has 292 valence electrons. The highest BCUT2D eigenvalue weighted by Crippen LogP contribution is 2.53. The van der Waals surface area contributed by atoms with Crippen LogP contribution in [0.5, 0.6) is 0 Å². The summed E-state index contributed by atoms with van der Waals surface area (Å²) in [6, 6.07) is 69.2. The van der Waals surface area contributed by atoms with Gasteiger partial charge in [0, 0.05) is 67.5 Å². The van der Waals surface area contributed by atoms with Gasteiger partial charge >= 0.3 is 0 Å². The number of benzene rings is 8. The lowest BCUT2D eigenvalue weighted by molar-refractivity contribution is 0.659. The van der Waals surface area contributed by atoms with Gasteiger partial charge in [0.15, 0.2) is 0 Å². The van der Waals surface area contributed by atoms with Crippen molar-refractivity contribution in [2.45, 2.75) is 19.3 Å². The van der Waals surface area contributed by atoms with Crippen molar-refractivity contribution in [2.24, 2.45) is 0 Å². The van der Waals surface area contributed by atoms with E-state index in [1.54, 1.807) is 0 Å². The van der Waals surface area contributed by atoms with Crippen LogP contribution in [-0.4, -0.2) is 14.1 Å². The first kappa shape index (κ1) is 34.9. The van der Waals surface area contributed by atoms with Crippen LogP contribution >= 0.6 is 0 Å². The summed E-state index contributed by atoms with van der Waals surface area (Å²) in [4.78, 5) is 7.59. The van der Waals surface area contributed by atoms with Crippen molar-refractivity contribution in [3.8, 4) is 56.0 Å². The molecular formula is C58H40N4. The van der Waals surface area contributed by atoms with Crippen LogP contribution in [0, 0.1) is 0 Å². The van der Waals surface area contributed by atoms with Crippen LogP contribution in [0.1, 0.15) is 19.4 Å². The van der Waals surface area contributed by atoms with Gasteiger partial charge in [0.05, 0.1) is 33.4 Å². The molecule has 4 nitrogen and oxygen atoms in total. The second kappa shape index (κ2) is 13.0. The van der Waals surface area contributed by atoms with E-state index in [-0.39, 0.29) is 5.41 Å². The van der Waals surface area contributed by atoms with Crippen molar-refractivity contribution in [1.29, 1.82) is 0 Å². The predicted molar refractivity (Wildman–Crippen MR) is 259 cm³/mol. The number of hydrogen-bond acceptors (Lipinski definition) is 2. The number of hydrogen-bond donors (Lipinski definition) is 0. The molecule has 4 heteroatoms. The van der Waals surface area contributed by atoms with Crippen LogP contribution in [0.2, 0.25) is 0 Å². The minimum absolute atomic E-state index is 0.203. The molecule has 1 aliphatic heterocycles. The summed E-state index contributed by atoms with van der Waals surface area (Å²) < 4.78 is 4.87. The second-order valence-corrected chi connectivity index (χ2v) is 17.3. The number of pyridine rings is 1. The minimum Gasteiger partial charge on any atom is -0.317 e. The first-order valence-corrected chi connectivity index (χ1v) is 21.5. The van der Waals surface area contributed by atoms with E-state index in [0.717, 1.165) is 45.0 Å². The molecule has 13 rings (SSSR count). The Morgan fingerprint density at radius 2 is 0.871 bits per heavy atom. The molecular weight excluding hydrogens is 753 g/mol. The maximum atomic E-state index is 5.25. The third-order valence-electron chi connectivity index (χ3n) is 13.4. The van der Waals surface area contributed by atoms with Gasteiger partial charge in [-0.1, -0.05) is 129 Å². The number of allylic oxidation sites excluding steroid dienone is 1. The second-order valence-electron chi connectivity index (χ2n) is 17.3. The molecule has 0 unspecified atom stereocenters. The van der Waals surface area contributed by atoms with E-state index < -0.39 is 0 Å². The highest BCUT2D eigenvalue weighted by atomic mass is 15.1. The van der Waals surface area contributed by atoms with Gasteiger partial charge in [-0.05, 0) is 112 Å². The lowest BCUT2D eigenvalue weighted by Gasteiger charge is -2.37. The monoisotopic (exact) mass is 792 g/mol. The number of anilines is 2. The van der Waals surface area contributed by atoms with E-state index in [2.05, 4.69) is 228 Å². The third kappa shape index (κ3) is 4.98. The van der Waals surface area contributed by atoms with E-state index in [1.165, 1.54) is 71.6 Å². The van der Waals surface area contributed by atoms with Crippen molar-refractivity contribution < 1.29 is 0 Å². The van der Waals surface area contributed by atoms with Gasteiger partial charge in [-0.15, -0.1) is 0 Å². The standard InChI is InChI=1S/C58H40N4/c1-58(2)30-32-60(37-15-4-3-5-16-37)56-36-49-41-29-27-39(62-54-24-12-8-19-44(54)45-20-9-13-25-55(45)62)34-48(41)47-33-38(61-52-22-10-6-17-42(52)43-18-7-11-23-53(43)61)26-28-40(47)46-21-14-31-59-57(46)50(49)35-51(56)58/h3-36H,1-2H3. The van der Waals surface area contributed by atoms with Gasteiger partial charge in [0.25, 0.3) is 0 Å². The van der Waals surface area contributed by atoms with E-state index in [4.69, 9.17) is 4.98 Å². The number of aromatic nitrogens is 3. The van der Waals surface area contributed by atoms with Gasteiger partial charge in [-0.25, -0.2) is 0 Å². The van der Waals surface area contributed by atoms with Crippen LogP contribution in [0.4, 0.5) is 11.4 Å². The van der Waals surface area contributed by atoms with Crippen molar-refractivity contribution in [3.05, 3.63) is 212 Å². The number of fused-ring (bicyclic) bond motifs is 15. The molecule has 11 aromatic rings. The molecule has 0 bridgehead atoms. The van der Waals surface area contributed by atoms with Crippen molar-refractivity contribution in [1.82, 2.24) is 14.1 Å². The molecule has 0 saturated heterocycles. The fourth-order valence-corrected chi connectivity index (χ4v) is 10.5. The largest absolute Gasteiger partial charge is 0.317 e. The van der Waals surface area contributed by atoms with E-state index in [1.807, 2.05) is 6.20 Å². The summed E-state index contributed by atoms with van der Waals surface area (Å²) in [6.45, 7) is 4.63. The van der Waals surface area contributed by atoms with E-state index in [9.17, 15) is 0 Å². The summed E-state index contributed by atoms with van der Waals surface area (Å²) in [5, 5.41) is 4.99. The van der Waals surface area contributed by atoms with Gasteiger partial charge in [0.1, 0.15) is 0 Å². The van der Waals surface area contributed by atoms with Gasteiger partial charge < -0.3 is 14.0 Å². The third-order valence-corrected chi connectivity index (χ3v) is 13.4. The zero-order valence-electron chi connectivity index (χ0n) is 34.4.